The Hall–Kier alpha value is -1.55. The van der Waals surface area contributed by atoms with Gasteiger partial charge in [-0.1, -0.05) is 37.1 Å². The van der Waals surface area contributed by atoms with E-state index in [1.165, 1.54) is 43.2 Å². The Bertz CT molecular complexity index is 505. The van der Waals surface area contributed by atoms with E-state index in [4.69, 9.17) is 10.9 Å². The Morgan fingerprint density at radius 1 is 1.38 bits per heavy atom. The van der Waals surface area contributed by atoms with E-state index in [1.54, 1.807) is 0 Å². The van der Waals surface area contributed by atoms with Gasteiger partial charge >= 0.3 is 0 Å². The maximum absolute atomic E-state index is 8.72. The van der Waals surface area contributed by atoms with Crippen LogP contribution in [-0.4, -0.2) is 17.6 Å². The molecule has 0 saturated heterocycles. The minimum absolute atomic E-state index is 0.161. The van der Waals surface area contributed by atoms with Crippen molar-refractivity contribution in [3.63, 3.8) is 0 Å². The van der Waals surface area contributed by atoms with Crippen LogP contribution in [0.1, 0.15) is 55.7 Å². The number of aryl methyl sites for hydroxylation is 1. The van der Waals surface area contributed by atoms with Crippen LogP contribution in [0.3, 0.4) is 0 Å². The van der Waals surface area contributed by atoms with E-state index in [0.717, 1.165) is 18.7 Å². The van der Waals surface area contributed by atoms with E-state index in [2.05, 4.69) is 30.4 Å². The smallest absolute Gasteiger partial charge is 0.170 e. The molecule has 116 valence electrons. The van der Waals surface area contributed by atoms with E-state index in [0.29, 0.717) is 5.41 Å². The molecule has 1 aliphatic carbocycles. The van der Waals surface area contributed by atoms with E-state index in [9.17, 15) is 0 Å². The molecule has 0 radical (unpaired) electrons. The summed E-state index contributed by atoms with van der Waals surface area (Å²) in [7, 11) is 0. The molecule has 0 atom stereocenters. The first-order valence-corrected chi connectivity index (χ1v) is 7.88. The van der Waals surface area contributed by atoms with Gasteiger partial charge in [0, 0.05) is 18.7 Å². The van der Waals surface area contributed by atoms with Gasteiger partial charge in [-0.15, -0.1) is 0 Å². The van der Waals surface area contributed by atoms with Crippen LogP contribution in [0.2, 0.25) is 0 Å². The van der Waals surface area contributed by atoms with Gasteiger partial charge in [-0.3, -0.25) is 0 Å². The van der Waals surface area contributed by atoms with E-state index in [1.807, 2.05) is 12.1 Å². The largest absolute Gasteiger partial charge is 0.409 e. The van der Waals surface area contributed by atoms with E-state index < -0.39 is 0 Å². The Labute approximate surface area is 127 Å². The van der Waals surface area contributed by atoms with Crippen LogP contribution in [0.5, 0.6) is 0 Å². The minimum Gasteiger partial charge on any atom is -0.409 e. The number of nitrogens with zero attached hydrogens (tertiary/aromatic N) is 1. The maximum atomic E-state index is 8.72. The SMILES string of the molecule is CCC1(CNCc2ccc(/C(N)=N/O)cc2C)CCCC1. The number of oxime groups is 1. The van der Waals surface area contributed by atoms with Gasteiger partial charge in [-0.2, -0.15) is 0 Å². The number of amidine groups is 1. The van der Waals surface area contributed by atoms with Crippen molar-refractivity contribution in [1.29, 1.82) is 0 Å². The van der Waals surface area contributed by atoms with Crippen molar-refractivity contribution in [3.05, 3.63) is 34.9 Å². The summed E-state index contributed by atoms with van der Waals surface area (Å²) >= 11 is 0. The Morgan fingerprint density at radius 3 is 2.67 bits per heavy atom. The first-order chi connectivity index (χ1) is 10.1. The molecule has 0 unspecified atom stereocenters. The van der Waals surface area contributed by atoms with Gasteiger partial charge in [0.2, 0.25) is 0 Å². The minimum atomic E-state index is 0.161. The van der Waals surface area contributed by atoms with Crippen molar-refractivity contribution < 1.29 is 5.21 Å². The topological polar surface area (TPSA) is 70.6 Å². The highest BCUT2D eigenvalue weighted by atomic mass is 16.4. The molecule has 21 heavy (non-hydrogen) atoms. The third-order valence-corrected chi connectivity index (χ3v) is 4.98. The van der Waals surface area contributed by atoms with Crippen molar-refractivity contribution in [2.75, 3.05) is 6.54 Å². The predicted octanol–water partition coefficient (Wildman–Crippen LogP) is 3.15. The van der Waals surface area contributed by atoms with Gasteiger partial charge in [-0.05, 0) is 48.8 Å². The third kappa shape index (κ3) is 3.76. The molecule has 1 saturated carbocycles. The second-order valence-electron chi connectivity index (χ2n) is 6.29. The van der Waals surface area contributed by atoms with E-state index in [-0.39, 0.29) is 5.84 Å². The Morgan fingerprint density at radius 2 is 2.10 bits per heavy atom. The number of hydrogen-bond acceptors (Lipinski definition) is 3. The van der Waals surface area contributed by atoms with Gasteiger partial charge in [0.15, 0.2) is 5.84 Å². The van der Waals surface area contributed by atoms with Crippen molar-refractivity contribution in [2.45, 2.75) is 52.5 Å². The molecule has 0 amide bonds. The molecule has 1 aromatic carbocycles. The van der Waals surface area contributed by atoms with Gasteiger partial charge in [0.05, 0.1) is 0 Å². The van der Waals surface area contributed by atoms with Gasteiger partial charge in [0.1, 0.15) is 0 Å². The lowest BCUT2D eigenvalue weighted by atomic mass is 9.83. The lowest BCUT2D eigenvalue weighted by molar-refractivity contribution is 0.268. The highest BCUT2D eigenvalue weighted by Crippen LogP contribution is 2.40. The summed E-state index contributed by atoms with van der Waals surface area (Å²) in [6.45, 7) is 6.36. The van der Waals surface area contributed by atoms with Crippen LogP contribution in [0.4, 0.5) is 0 Å². The van der Waals surface area contributed by atoms with Crippen molar-refractivity contribution in [3.8, 4) is 0 Å². The molecular formula is C17H27N3O. The van der Waals surface area contributed by atoms with Crippen molar-refractivity contribution in [1.82, 2.24) is 5.32 Å². The number of rotatable bonds is 6. The summed E-state index contributed by atoms with van der Waals surface area (Å²) in [6.07, 6.45) is 6.74. The average Bonchev–Trinajstić information content (AvgIpc) is 2.97. The Kier molecular flexibility index (Phi) is 5.23. The van der Waals surface area contributed by atoms with Crippen LogP contribution in [-0.2, 0) is 6.54 Å². The summed E-state index contributed by atoms with van der Waals surface area (Å²) < 4.78 is 0. The lowest BCUT2D eigenvalue weighted by Gasteiger charge is -2.28. The first kappa shape index (κ1) is 15.8. The molecular weight excluding hydrogens is 262 g/mol. The fourth-order valence-corrected chi connectivity index (χ4v) is 3.35. The second kappa shape index (κ2) is 6.94. The quantitative estimate of drug-likeness (QED) is 0.326. The monoisotopic (exact) mass is 289 g/mol. The zero-order valence-corrected chi connectivity index (χ0v) is 13.2. The van der Waals surface area contributed by atoms with E-state index >= 15 is 0 Å². The normalized spacial score (nSPS) is 18.1. The summed E-state index contributed by atoms with van der Waals surface area (Å²) in [4.78, 5) is 0. The number of hydrogen-bond donors (Lipinski definition) is 3. The van der Waals surface area contributed by atoms with Crippen LogP contribution in [0, 0.1) is 12.3 Å². The predicted molar refractivity (Wildman–Crippen MR) is 86.6 cm³/mol. The molecule has 0 heterocycles. The van der Waals surface area contributed by atoms with Crippen molar-refractivity contribution in [2.24, 2.45) is 16.3 Å². The number of benzene rings is 1. The third-order valence-electron chi connectivity index (χ3n) is 4.98. The zero-order valence-electron chi connectivity index (χ0n) is 13.2. The first-order valence-electron chi connectivity index (χ1n) is 7.88. The molecule has 4 heteroatoms. The molecule has 0 bridgehead atoms. The summed E-state index contributed by atoms with van der Waals surface area (Å²) in [6, 6.07) is 5.93. The number of nitrogens with one attached hydrogen (secondary N) is 1. The highest BCUT2D eigenvalue weighted by molar-refractivity contribution is 5.97. The van der Waals surface area contributed by atoms with Crippen LogP contribution in [0.15, 0.2) is 23.4 Å². The molecule has 1 aromatic rings. The molecule has 0 spiro atoms. The fraction of sp³-hybridized carbons (Fsp3) is 0.588. The zero-order chi connectivity index (χ0) is 15.3. The maximum Gasteiger partial charge on any atom is 0.170 e. The average molecular weight is 289 g/mol. The van der Waals surface area contributed by atoms with Crippen LogP contribution in [0.25, 0.3) is 0 Å². The molecule has 0 aliphatic heterocycles. The molecule has 2 rings (SSSR count). The summed E-state index contributed by atoms with van der Waals surface area (Å²) in [5.74, 6) is 0.161. The molecule has 4 nitrogen and oxygen atoms in total. The highest BCUT2D eigenvalue weighted by Gasteiger charge is 2.31. The van der Waals surface area contributed by atoms with Crippen LogP contribution >= 0.6 is 0 Å². The van der Waals surface area contributed by atoms with Gasteiger partial charge < -0.3 is 16.3 Å². The molecule has 1 fully saturated rings. The fourth-order valence-electron chi connectivity index (χ4n) is 3.35. The molecule has 0 aromatic heterocycles. The van der Waals surface area contributed by atoms with Crippen LogP contribution < -0.4 is 11.1 Å². The van der Waals surface area contributed by atoms with Crippen molar-refractivity contribution >= 4 is 5.84 Å². The summed E-state index contributed by atoms with van der Waals surface area (Å²) in [5.41, 5.74) is 9.34. The van der Waals surface area contributed by atoms with Gasteiger partial charge in [0.25, 0.3) is 0 Å². The molecule has 4 N–H and O–H groups in total. The molecule has 1 aliphatic rings. The lowest BCUT2D eigenvalue weighted by Crippen LogP contribution is -2.31. The standard InChI is InChI=1S/C17H27N3O/c1-3-17(8-4-5-9-17)12-19-11-15-7-6-14(10-13(15)2)16(18)20-21/h6-7,10,19,21H,3-5,8-9,11-12H2,1-2H3,(H2,18,20). The number of nitrogens with two attached hydrogens (primary N) is 1. The summed E-state index contributed by atoms with van der Waals surface area (Å²) in [5, 5.41) is 15.4. The second-order valence-corrected chi connectivity index (χ2v) is 6.29. The Balaban J connectivity index is 1.94. The van der Waals surface area contributed by atoms with Gasteiger partial charge in [-0.25, -0.2) is 0 Å².